The molecular formula is C12H12N2O3S. The number of carbonyl (C=O) groups excluding carboxylic acids is 2. The van der Waals surface area contributed by atoms with Gasteiger partial charge in [0.1, 0.15) is 0 Å². The van der Waals surface area contributed by atoms with Crippen LogP contribution in [0.25, 0.3) is 0 Å². The number of rotatable bonds is 1. The topological polar surface area (TPSA) is 59.0 Å². The number of hydrogen-bond acceptors (Lipinski definition) is 4. The Morgan fingerprint density at radius 1 is 1.39 bits per heavy atom. The quantitative estimate of drug-likeness (QED) is 0.780. The number of aliphatic imine (C=N–C) groups is 1. The molecule has 2 rings (SSSR count). The molecule has 18 heavy (non-hydrogen) atoms. The Hall–Kier alpha value is -1.82. The van der Waals surface area contributed by atoms with Gasteiger partial charge in [-0.15, -0.1) is 0 Å². The van der Waals surface area contributed by atoms with E-state index in [1.165, 1.54) is 23.8 Å². The van der Waals surface area contributed by atoms with Crippen LogP contribution in [0, 0.1) is 6.92 Å². The van der Waals surface area contributed by atoms with Crippen LogP contribution in [0.5, 0.6) is 0 Å². The number of thioether (sulfide) groups is 1. The normalized spacial score (nSPS) is 17.3. The molecule has 0 bridgehead atoms. The molecule has 0 atom stereocenters. The number of amides is 2. The lowest BCUT2D eigenvalue weighted by molar-refractivity contribution is -0.115. The van der Waals surface area contributed by atoms with Gasteiger partial charge in [-0.3, -0.25) is 9.69 Å². The third-order valence-electron chi connectivity index (χ3n) is 2.42. The van der Waals surface area contributed by atoms with Gasteiger partial charge in [-0.2, -0.15) is 4.99 Å². The predicted molar refractivity (Wildman–Crippen MR) is 71.0 cm³/mol. The second-order valence-corrected chi connectivity index (χ2v) is 4.66. The van der Waals surface area contributed by atoms with Crippen molar-refractivity contribution < 1.29 is 14.3 Å². The molecule has 0 radical (unpaired) electrons. The van der Waals surface area contributed by atoms with Crippen LogP contribution in [0.15, 0.2) is 29.3 Å². The van der Waals surface area contributed by atoms with Gasteiger partial charge < -0.3 is 4.74 Å². The van der Waals surface area contributed by atoms with Crippen molar-refractivity contribution >= 4 is 34.6 Å². The maximum atomic E-state index is 11.8. The third-order valence-corrected chi connectivity index (χ3v) is 3.34. The van der Waals surface area contributed by atoms with Gasteiger partial charge >= 0.3 is 6.09 Å². The lowest BCUT2D eigenvalue weighted by Gasteiger charge is -2.15. The highest BCUT2D eigenvalue weighted by Crippen LogP contribution is 2.26. The molecule has 1 aromatic rings. The maximum Gasteiger partial charge on any atom is 0.435 e. The van der Waals surface area contributed by atoms with Gasteiger partial charge in [0.05, 0.1) is 18.6 Å². The van der Waals surface area contributed by atoms with Crippen LogP contribution in [-0.2, 0) is 9.53 Å². The summed E-state index contributed by atoms with van der Waals surface area (Å²) < 4.78 is 4.47. The summed E-state index contributed by atoms with van der Waals surface area (Å²) in [5.41, 5.74) is 1.81. The summed E-state index contributed by atoms with van der Waals surface area (Å²) in [6.07, 6.45) is -0.704. The molecule has 1 heterocycles. The summed E-state index contributed by atoms with van der Waals surface area (Å²) in [6.45, 7) is 1.97. The Labute approximate surface area is 109 Å². The first kappa shape index (κ1) is 12.6. The van der Waals surface area contributed by atoms with E-state index in [4.69, 9.17) is 0 Å². The van der Waals surface area contributed by atoms with E-state index in [1.807, 2.05) is 31.2 Å². The first-order chi connectivity index (χ1) is 8.61. The highest BCUT2D eigenvalue weighted by Gasteiger charge is 2.30. The number of ether oxygens (including phenoxy) is 1. The number of benzene rings is 1. The lowest BCUT2D eigenvalue weighted by Crippen LogP contribution is -2.29. The molecule has 1 aliphatic heterocycles. The zero-order valence-corrected chi connectivity index (χ0v) is 10.9. The zero-order chi connectivity index (χ0) is 13.1. The molecule has 6 heteroatoms. The van der Waals surface area contributed by atoms with Gasteiger partial charge in [-0.1, -0.05) is 29.5 Å². The zero-order valence-electron chi connectivity index (χ0n) is 10.0. The molecule has 0 unspecified atom stereocenters. The van der Waals surface area contributed by atoms with E-state index in [1.54, 1.807) is 0 Å². The molecule has 0 saturated carbocycles. The fourth-order valence-corrected chi connectivity index (χ4v) is 2.37. The molecule has 0 N–H and O–H groups in total. The fourth-order valence-electron chi connectivity index (χ4n) is 1.52. The molecule has 1 aliphatic rings. The summed E-state index contributed by atoms with van der Waals surface area (Å²) in [5.74, 6) is 0.190. The van der Waals surface area contributed by atoms with E-state index < -0.39 is 6.09 Å². The standard InChI is InChI=1S/C12H12N2O3S/c1-8-3-5-9(6-4-8)14-10(15)7-18-11(14)13-12(16)17-2/h3-6H,7H2,1-2H3/b13-11-. The van der Waals surface area contributed by atoms with Crippen LogP contribution < -0.4 is 4.90 Å². The molecule has 5 nitrogen and oxygen atoms in total. The van der Waals surface area contributed by atoms with Crippen LogP contribution in [0.4, 0.5) is 10.5 Å². The Morgan fingerprint density at radius 3 is 2.67 bits per heavy atom. The van der Waals surface area contributed by atoms with Crippen molar-refractivity contribution in [3.63, 3.8) is 0 Å². The van der Waals surface area contributed by atoms with Crippen LogP contribution >= 0.6 is 11.8 Å². The van der Waals surface area contributed by atoms with Gasteiger partial charge in [-0.05, 0) is 19.1 Å². The van der Waals surface area contributed by atoms with Crippen LogP contribution in [0.3, 0.4) is 0 Å². The van der Waals surface area contributed by atoms with Crippen molar-refractivity contribution in [3.8, 4) is 0 Å². The second-order valence-electron chi connectivity index (χ2n) is 3.72. The van der Waals surface area contributed by atoms with E-state index in [0.29, 0.717) is 10.9 Å². The average Bonchev–Trinajstić information content (AvgIpc) is 2.72. The van der Waals surface area contributed by atoms with E-state index in [9.17, 15) is 9.59 Å². The number of hydrogen-bond donors (Lipinski definition) is 0. The summed E-state index contributed by atoms with van der Waals surface area (Å²) in [7, 11) is 1.25. The number of anilines is 1. The second kappa shape index (κ2) is 5.22. The Bertz CT molecular complexity index is 511. The molecule has 0 aliphatic carbocycles. The lowest BCUT2D eigenvalue weighted by atomic mass is 10.2. The molecule has 1 aromatic carbocycles. The molecule has 94 valence electrons. The van der Waals surface area contributed by atoms with Crippen molar-refractivity contribution in [1.29, 1.82) is 0 Å². The predicted octanol–water partition coefficient (Wildman–Crippen LogP) is 2.20. The molecule has 2 amide bonds. The van der Waals surface area contributed by atoms with Crippen LogP contribution in [-0.4, -0.2) is 30.0 Å². The van der Waals surface area contributed by atoms with Gasteiger partial charge in [0.15, 0.2) is 5.17 Å². The first-order valence-electron chi connectivity index (χ1n) is 5.31. The van der Waals surface area contributed by atoms with Crippen molar-refractivity contribution in [2.75, 3.05) is 17.8 Å². The van der Waals surface area contributed by atoms with Crippen molar-refractivity contribution in [3.05, 3.63) is 29.8 Å². The van der Waals surface area contributed by atoms with Crippen LogP contribution in [0.1, 0.15) is 5.56 Å². The van der Waals surface area contributed by atoms with Gasteiger partial charge in [0.2, 0.25) is 5.91 Å². The first-order valence-corrected chi connectivity index (χ1v) is 6.29. The van der Waals surface area contributed by atoms with E-state index in [0.717, 1.165) is 5.56 Å². The minimum atomic E-state index is -0.704. The SMILES string of the molecule is COC(=O)/N=C1\SCC(=O)N1c1ccc(C)cc1. The number of nitrogens with zero attached hydrogens (tertiary/aromatic N) is 2. The third kappa shape index (κ3) is 2.53. The summed E-state index contributed by atoms with van der Waals surface area (Å²) in [4.78, 5) is 28.1. The Kier molecular flexibility index (Phi) is 3.66. The molecule has 1 fully saturated rings. The number of methoxy groups -OCH3 is 1. The monoisotopic (exact) mass is 264 g/mol. The van der Waals surface area contributed by atoms with Crippen molar-refractivity contribution in [1.82, 2.24) is 0 Å². The molecular weight excluding hydrogens is 252 g/mol. The molecule has 0 spiro atoms. The number of carbonyl (C=O) groups is 2. The number of aryl methyl sites for hydroxylation is 1. The summed E-state index contributed by atoms with van der Waals surface area (Å²) >= 11 is 1.23. The van der Waals surface area contributed by atoms with Gasteiger partial charge in [0.25, 0.3) is 0 Å². The summed E-state index contributed by atoms with van der Waals surface area (Å²) in [6, 6.07) is 7.46. The smallest absolute Gasteiger partial charge is 0.435 e. The van der Waals surface area contributed by atoms with E-state index in [2.05, 4.69) is 9.73 Å². The highest BCUT2D eigenvalue weighted by atomic mass is 32.2. The van der Waals surface area contributed by atoms with Crippen molar-refractivity contribution in [2.24, 2.45) is 4.99 Å². The highest BCUT2D eigenvalue weighted by molar-refractivity contribution is 8.15. The minimum Gasteiger partial charge on any atom is -0.451 e. The molecule has 1 saturated heterocycles. The Morgan fingerprint density at radius 2 is 2.06 bits per heavy atom. The van der Waals surface area contributed by atoms with Crippen molar-refractivity contribution in [2.45, 2.75) is 6.92 Å². The van der Waals surface area contributed by atoms with Crippen LogP contribution in [0.2, 0.25) is 0 Å². The fraction of sp³-hybridized carbons (Fsp3) is 0.250. The average molecular weight is 264 g/mol. The van der Waals surface area contributed by atoms with E-state index in [-0.39, 0.29) is 11.7 Å². The summed E-state index contributed by atoms with van der Waals surface area (Å²) in [5, 5.41) is 0.357. The van der Waals surface area contributed by atoms with E-state index >= 15 is 0 Å². The maximum absolute atomic E-state index is 11.8. The van der Waals surface area contributed by atoms with Gasteiger partial charge in [-0.25, -0.2) is 4.79 Å². The minimum absolute atomic E-state index is 0.0912. The largest absolute Gasteiger partial charge is 0.451 e. The number of amidine groups is 1. The Balaban J connectivity index is 2.33. The molecule has 0 aromatic heterocycles. The van der Waals surface area contributed by atoms with Gasteiger partial charge in [0, 0.05) is 0 Å².